The first-order valence-electron chi connectivity index (χ1n) is 6.93. The highest BCUT2D eigenvalue weighted by Crippen LogP contribution is 2.36. The Bertz CT molecular complexity index is 375. The van der Waals surface area contributed by atoms with Gasteiger partial charge in [-0.05, 0) is 57.2 Å². The Morgan fingerprint density at radius 1 is 1.44 bits per heavy atom. The minimum absolute atomic E-state index is 0.421. The van der Waals surface area contributed by atoms with E-state index in [1.165, 1.54) is 30.4 Å². The monoisotopic (exact) mass is 248 g/mol. The van der Waals surface area contributed by atoms with Gasteiger partial charge in [0.05, 0.1) is 6.10 Å². The van der Waals surface area contributed by atoms with E-state index in [0.717, 1.165) is 12.5 Å². The summed E-state index contributed by atoms with van der Waals surface area (Å²) < 4.78 is 5.62. The largest absolute Gasteiger partial charge is 0.378 e. The topological polar surface area (TPSA) is 34.1 Å². The van der Waals surface area contributed by atoms with E-state index >= 15 is 0 Å². The average molecular weight is 248 g/mol. The molecule has 0 amide bonds. The molecule has 0 aliphatic heterocycles. The van der Waals surface area contributed by atoms with Crippen molar-refractivity contribution >= 4 is 0 Å². The number of pyridine rings is 1. The van der Waals surface area contributed by atoms with Crippen molar-refractivity contribution in [2.45, 2.75) is 45.3 Å². The van der Waals surface area contributed by atoms with Gasteiger partial charge in [0.2, 0.25) is 0 Å². The van der Waals surface area contributed by atoms with Gasteiger partial charge in [-0.2, -0.15) is 0 Å². The number of nitrogens with zero attached hydrogens (tertiary/aromatic N) is 1. The van der Waals surface area contributed by atoms with Crippen LogP contribution in [-0.4, -0.2) is 24.7 Å². The van der Waals surface area contributed by atoms with Crippen molar-refractivity contribution in [1.82, 2.24) is 10.3 Å². The molecule has 0 aromatic carbocycles. The molecule has 1 aromatic rings. The normalized spacial score (nSPS) is 24.6. The summed E-state index contributed by atoms with van der Waals surface area (Å²) >= 11 is 0. The number of hydrogen-bond acceptors (Lipinski definition) is 3. The fourth-order valence-corrected chi connectivity index (χ4v) is 2.76. The van der Waals surface area contributed by atoms with Crippen LogP contribution in [-0.2, 0) is 4.74 Å². The molecule has 18 heavy (non-hydrogen) atoms. The van der Waals surface area contributed by atoms with Crippen molar-refractivity contribution in [2.75, 3.05) is 13.7 Å². The van der Waals surface area contributed by atoms with Crippen LogP contribution in [0.2, 0.25) is 0 Å². The van der Waals surface area contributed by atoms with Crippen molar-refractivity contribution in [1.29, 1.82) is 0 Å². The van der Waals surface area contributed by atoms with E-state index < -0.39 is 0 Å². The van der Waals surface area contributed by atoms with Gasteiger partial charge in [0.1, 0.15) is 0 Å². The molecule has 1 aromatic heterocycles. The summed E-state index contributed by atoms with van der Waals surface area (Å²) in [5.41, 5.74) is 2.53. The van der Waals surface area contributed by atoms with Crippen LogP contribution in [0.1, 0.15) is 43.4 Å². The lowest BCUT2D eigenvalue weighted by Crippen LogP contribution is -2.34. The van der Waals surface area contributed by atoms with Gasteiger partial charge in [-0.15, -0.1) is 0 Å². The molecule has 1 fully saturated rings. The molecule has 0 spiro atoms. The van der Waals surface area contributed by atoms with Gasteiger partial charge < -0.3 is 10.1 Å². The van der Waals surface area contributed by atoms with Crippen molar-refractivity contribution in [3.05, 3.63) is 29.6 Å². The van der Waals surface area contributed by atoms with E-state index in [9.17, 15) is 0 Å². The average Bonchev–Trinajstić information content (AvgIpc) is 2.32. The minimum atomic E-state index is 0.421. The predicted molar refractivity (Wildman–Crippen MR) is 73.5 cm³/mol. The SMILES string of the molecule is CCOC1CC(CC(NC)c2cncc(C)c2)C1. The summed E-state index contributed by atoms with van der Waals surface area (Å²) in [5.74, 6) is 0.791. The van der Waals surface area contributed by atoms with Gasteiger partial charge in [-0.1, -0.05) is 6.07 Å². The second-order valence-electron chi connectivity index (χ2n) is 5.29. The summed E-state index contributed by atoms with van der Waals surface area (Å²) in [4.78, 5) is 4.28. The Morgan fingerprint density at radius 3 is 2.83 bits per heavy atom. The molecule has 1 saturated carbocycles. The molecular formula is C15H24N2O. The van der Waals surface area contributed by atoms with Gasteiger partial charge in [0.15, 0.2) is 0 Å². The van der Waals surface area contributed by atoms with E-state index in [0.29, 0.717) is 12.1 Å². The molecule has 100 valence electrons. The van der Waals surface area contributed by atoms with Crippen LogP contribution in [0.15, 0.2) is 18.5 Å². The Kier molecular flexibility index (Phi) is 4.72. The lowest BCUT2D eigenvalue weighted by molar-refractivity contribution is -0.0289. The summed E-state index contributed by atoms with van der Waals surface area (Å²) in [6, 6.07) is 2.65. The molecule has 2 rings (SSSR count). The third-order valence-electron chi connectivity index (χ3n) is 3.81. The molecule has 1 N–H and O–H groups in total. The predicted octanol–water partition coefficient (Wildman–Crippen LogP) is 2.86. The maximum Gasteiger partial charge on any atom is 0.0580 e. The zero-order chi connectivity index (χ0) is 13.0. The van der Waals surface area contributed by atoms with E-state index in [-0.39, 0.29) is 0 Å². The van der Waals surface area contributed by atoms with Gasteiger partial charge in [-0.25, -0.2) is 0 Å². The highest BCUT2D eigenvalue weighted by molar-refractivity contribution is 5.20. The van der Waals surface area contributed by atoms with Crippen LogP contribution < -0.4 is 5.32 Å². The lowest BCUT2D eigenvalue weighted by Gasteiger charge is -2.37. The summed E-state index contributed by atoms with van der Waals surface area (Å²) in [6.07, 6.45) is 8.01. The van der Waals surface area contributed by atoms with Crippen LogP contribution in [0.25, 0.3) is 0 Å². The molecule has 1 unspecified atom stereocenters. The Hall–Kier alpha value is -0.930. The second kappa shape index (κ2) is 6.30. The summed E-state index contributed by atoms with van der Waals surface area (Å²) in [6.45, 7) is 5.01. The van der Waals surface area contributed by atoms with Crippen molar-refractivity contribution in [3.63, 3.8) is 0 Å². The first-order valence-corrected chi connectivity index (χ1v) is 6.93. The highest BCUT2D eigenvalue weighted by atomic mass is 16.5. The molecule has 1 aliphatic rings. The fourth-order valence-electron chi connectivity index (χ4n) is 2.76. The number of hydrogen-bond donors (Lipinski definition) is 1. The molecular weight excluding hydrogens is 224 g/mol. The molecule has 1 heterocycles. The van der Waals surface area contributed by atoms with Crippen LogP contribution in [0.5, 0.6) is 0 Å². The third-order valence-corrected chi connectivity index (χ3v) is 3.81. The maximum atomic E-state index is 5.62. The number of rotatable bonds is 6. The quantitative estimate of drug-likeness (QED) is 0.840. The number of nitrogens with one attached hydrogen (secondary N) is 1. The molecule has 0 radical (unpaired) electrons. The molecule has 1 aliphatic carbocycles. The lowest BCUT2D eigenvalue weighted by atomic mass is 9.77. The van der Waals surface area contributed by atoms with Crippen LogP contribution >= 0.6 is 0 Å². The van der Waals surface area contributed by atoms with Crippen molar-refractivity contribution < 1.29 is 4.74 Å². The molecule has 0 saturated heterocycles. The van der Waals surface area contributed by atoms with Crippen LogP contribution in [0.3, 0.4) is 0 Å². The van der Waals surface area contributed by atoms with Gasteiger partial charge in [0.25, 0.3) is 0 Å². The number of aromatic nitrogens is 1. The third kappa shape index (κ3) is 3.30. The first kappa shape index (κ1) is 13.5. The van der Waals surface area contributed by atoms with E-state index in [1.807, 2.05) is 19.4 Å². The number of aryl methyl sites for hydroxylation is 1. The Morgan fingerprint density at radius 2 is 2.22 bits per heavy atom. The van der Waals surface area contributed by atoms with Gasteiger partial charge >= 0.3 is 0 Å². The molecule has 3 nitrogen and oxygen atoms in total. The van der Waals surface area contributed by atoms with E-state index in [4.69, 9.17) is 4.74 Å². The molecule has 3 heteroatoms. The van der Waals surface area contributed by atoms with Gasteiger partial charge in [-0.3, -0.25) is 4.98 Å². The molecule has 1 atom stereocenters. The Labute approximate surface area is 110 Å². The summed E-state index contributed by atoms with van der Waals surface area (Å²) in [7, 11) is 2.03. The fraction of sp³-hybridized carbons (Fsp3) is 0.667. The number of ether oxygens (including phenoxy) is 1. The van der Waals surface area contributed by atoms with Crippen LogP contribution in [0.4, 0.5) is 0 Å². The maximum absolute atomic E-state index is 5.62. The second-order valence-corrected chi connectivity index (χ2v) is 5.29. The van der Waals surface area contributed by atoms with Crippen molar-refractivity contribution in [3.8, 4) is 0 Å². The Balaban J connectivity index is 1.87. The van der Waals surface area contributed by atoms with Gasteiger partial charge in [0, 0.05) is 25.0 Å². The van der Waals surface area contributed by atoms with E-state index in [1.54, 1.807) is 0 Å². The van der Waals surface area contributed by atoms with Crippen molar-refractivity contribution in [2.24, 2.45) is 5.92 Å². The van der Waals surface area contributed by atoms with Crippen LogP contribution in [0, 0.1) is 12.8 Å². The zero-order valence-corrected chi connectivity index (χ0v) is 11.6. The first-order chi connectivity index (χ1) is 8.72. The minimum Gasteiger partial charge on any atom is -0.378 e. The van der Waals surface area contributed by atoms with E-state index in [2.05, 4.69) is 30.2 Å². The highest BCUT2D eigenvalue weighted by Gasteiger charge is 2.31. The molecule has 0 bridgehead atoms. The summed E-state index contributed by atoms with van der Waals surface area (Å²) in [5, 5.41) is 3.41. The smallest absolute Gasteiger partial charge is 0.0580 e. The zero-order valence-electron chi connectivity index (χ0n) is 11.6. The standard InChI is InChI=1S/C15H24N2O/c1-4-18-14-6-12(7-14)8-15(16-3)13-5-11(2)9-17-10-13/h5,9-10,12,14-16H,4,6-8H2,1-3H3.